The fourth-order valence-electron chi connectivity index (χ4n) is 3.00. The maximum atomic E-state index is 11.3. The number of hydrogen-bond acceptors (Lipinski definition) is 6. The number of pyridine rings is 2. The molecule has 0 aromatic carbocycles. The molecular weight excluding hydrogens is 344 g/mol. The molecule has 7 heteroatoms. The SMILES string of the molecule is COc1cccc(C=CC=C2CCN(c3nc(C)ccc3[N+](=O)[O-])CC2)n1. The molecule has 140 valence electrons. The first kappa shape index (κ1) is 18.6. The zero-order chi connectivity index (χ0) is 19.2. The average molecular weight is 366 g/mol. The van der Waals surface area contributed by atoms with Gasteiger partial charge in [-0.1, -0.05) is 23.8 Å². The van der Waals surface area contributed by atoms with Crippen molar-refractivity contribution in [3.8, 4) is 5.88 Å². The molecule has 27 heavy (non-hydrogen) atoms. The average Bonchev–Trinajstić information content (AvgIpc) is 2.68. The van der Waals surface area contributed by atoms with Crippen LogP contribution in [0.2, 0.25) is 0 Å². The van der Waals surface area contributed by atoms with E-state index < -0.39 is 0 Å². The van der Waals surface area contributed by atoms with Gasteiger partial charge in [-0.05, 0) is 38.0 Å². The Balaban J connectivity index is 1.65. The molecule has 1 aliphatic heterocycles. The van der Waals surface area contributed by atoms with Crippen LogP contribution in [0.3, 0.4) is 0 Å². The minimum Gasteiger partial charge on any atom is -0.481 e. The first-order valence-corrected chi connectivity index (χ1v) is 8.81. The third-order valence-electron chi connectivity index (χ3n) is 4.45. The molecule has 0 radical (unpaired) electrons. The molecule has 0 aliphatic carbocycles. The highest BCUT2D eigenvalue weighted by Crippen LogP contribution is 2.29. The number of hydrogen-bond donors (Lipinski definition) is 0. The number of ether oxygens (including phenoxy) is 1. The van der Waals surface area contributed by atoms with Gasteiger partial charge in [-0.2, -0.15) is 0 Å². The van der Waals surface area contributed by atoms with Gasteiger partial charge in [-0.15, -0.1) is 0 Å². The standard InChI is InChI=1S/C20H22N4O3/c1-15-9-10-18(24(25)26)20(21-15)23-13-11-16(12-14-23)5-3-6-17-7-4-8-19(22-17)27-2/h3-10H,11-14H2,1-2H3. The Morgan fingerprint density at radius 2 is 1.96 bits per heavy atom. The summed E-state index contributed by atoms with van der Waals surface area (Å²) in [6.07, 6.45) is 7.72. The van der Waals surface area contributed by atoms with Gasteiger partial charge in [0.25, 0.3) is 0 Å². The lowest BCUT2D eigenvalue weighted by molar-refractivity contribution is -0.384. The third-order valence-corrected chi connectivity index (χ3v) is 4.45. The molecular formula is C20H22N4O3. The number of aromatic nitrogens is 2. The van der Waals surface area contributed by atoms with E-state index in [1.165, 1.54) is 11.6 Å². The van der Waals surface area contributed by atoms with Crippen LogP contribution in [-0.2, 0) is 0 Å². The van der Waals surface area contributed by atoms with Crippen molar-refractivity contribution < 1.29 is 9.66 Å². The quantitative estimate of drug-likeness (QED) is 0.589. The molecule has 0 saturated carbocycles. The Bertz CT molecular complexity index is 883. The van der Waals surface area contributed by atoms with E-state index in [1.807, 2.05) is 42.2 Å². The van der Waals surface area contributed by atoms with E-state index in [9.17, 15) is 10.1 Å². The van der Waals surface area contributed by atoms with Crippen molar-refractivity contribution in [3.05, 3.63) is 69.6 Å². The lowest BCUT2D eigenvalue weighted by Crippen LogP contribution is -2.32. The molecule has 2 aromatic rings. The molecule has 0 amide bonds. The third kappa shape index (κ3) is 4.69. The summed E-state index contributed by atoms with van der Waals surface area (Å²) in [7, 11) is 1.60. The van der Waals surface area contributed by atoms with Gasteiger partial charge in [-0.3, -0.25) is 10.1 Å². The predicted octanol–water partition coefficient (Wildman–Crippen LogP) is 3.94. The van der Waals surface area contributed by atoms with Crippen LogP contribution in [0.5, 0.6) is 5.88 Å². The van der Waals surface area contributed by atoms with E-state index in [0.717, 1.165) is 24.2 Å². The van der Waals surface area contributed by atoms with Crippen LogP contribution >= 0.6 is 0 Å². The van der Waals surface area contributed by atoms with Crippen molar-refractivity contribution in [1.82, 2.24) is 9.97 Å². The monoisotopic (exact) mass is 366 g/mol. The highest BCUT2D eigenvalue weighted by molar-refractivity contribution is 5.59. The molecule has 1 saturated heterocycles. The summed E-state index contributed by atoms with van der Waals surface area (Å²) in [5, 5.41) is 11.3. The summed E-state index contributed by atoms with van der Waals surface area (Å²) in [5.41, 5.74) is 2.99. The largest absolute Gasteiger partial charge is 0.481 e. The van der Waals surface area contributed by atoms with Gasteiger partial charge in [0.1, 0.15) is 0 Å². The summed E-state index contributed by atoms with van der Waals surface area (Å²) in [6, 6.07) is 8.84. The summed E-state index contributed by atoms with van der Waals surface area (Å²) >= 11 is 0. The second-order valence-corrected chi connectivity index (χ2v) is 6.33. The molecule has 2 aromatic heterocycles. The number of rotatable bonds is 5. The number of nitrogens with zero attached hydrogens (tertiary/aromatic N) is 4. The van der Waals surface area contributed by atoms with Gasteiger partial charge >= 0.3 is 5.69 Å². The molecule has 3 rings (SSSR count). The van der Waals surface area contributed by atoms with E-state index in [-0.39, 0.29) is 10.6 Å². The van der Waals surface area contributed by atoms with Crippen LogP contribution in [0.15, 0.2) is 48.1 Å². The molecule has 0 unspecified atom stereocenters. The van der Waals surface area contributed by atoms with E-state index in [4.69, 9.17) is 4.74 Å². The number of methoxy groups -OCH3 is 1. The van der Waals surface area contributed by atoms with Crippen LogP contribution in [0.1, 0.15) is 24.2 Å². The molecule has 0 bridgehead atoms. The molecule has 0 atom stereocenters. The van der Waals surface area contributed by atoms with Crippen molar-refractivity contribution in [2.45, 2.75) is 19.8 Å². The molecule has 3 heterocycles. The van der Waals surface area contributed by atoms with Gasteiger partial charge in [0.2, 0.25) is 11.7 Å². The zero-order valence-corrected chi connectivity index (χ0v) is 15.5. The second kappa shape index (κ2) is 8.44. The fraction of sp³-hybridized carbons (Fsp3) is 0.300. The number of nitro groups is 1. The molecule has 1 fully saturated rings. The lowest BCUT2D eigenvalue weighted by Gasteiger charge is -2.29. The number of piperidine rings is 1. The normalized spacial score (nSPS) is 14.4. The van der Waals surface area contributed by atoms with Crippen molar-refractivity contribution in [2.24, 2.45) is 0 Å². The number of aryl methyl sites for hydroxylation is 1. The van der Waals surface area contributed by atoms with Crippen LogP contribution in [0.25, 0.3) is 6.08 Å². The lowest BCUT2D eigenvalue weighted by atomic mass is 10.0. The highest BCUT2D eigenvalue weighted by Gasteiger charge is 2.23. The van der Waals surface area contributed by atoms with Crippen molar-refractivity contribution >= 4 is 17.6 Å². The minimum absolute atomic E-state index is 0.0667. The molecule has 0 N–H and O–H groups in total. The maximum Gasteiger partial charge on any atom is 0.311 e. The van der Waals surface area contributed by atoms with Gasteiger partial charge in [0.15, 0.2) is 0 Å². The zero-order valence-electron chi connectivity index (χ0n) is 15.5. The molecule has 7 nitrogen and oxygen atoms in total. The van der Waals surface area contributed by atoms with Crippen molar-refractivity contribution in [1.29, 1.82) is 0 Å². The Morgan fingerprint density at radius 1 is 1.19 bits per heavy atom. The van der Waals surface area contributed by atoms with Gasteiger partial charge in [-0.25, -0.2) is 9.97 Å². The molecule has 0 spiro atoms. The van der Waals surface area contributed by atoms with Crippen LogP contribution < -0.4 is 9.64 Å². The summed E-state index contributed by atoms with van der Waals surface area (Å²) in [4.78, 5) is 21.6. The van der Waals surface area contributed by atoms with E-state index in [1.54, 1.807) is 13.2 Å². The Labute approximate surface area is 158 Å². The summed E-state index contributed by atoms with van der Waals surface area (Å²) < 4.78 is 5.12. The minimum atomic E-state index is -0.364. The Morgan fingerprint density at radius 3 is 2.67 bits per heavy atom. The van der Waals surface area contributed by atoms with Gasteiger partial charge in [0, 0.05) is 30.9 Å². The van der Waals surface area contributed by atoms with Gasteiger partial charge < -0.3 is 9.64 Å². The van der Waals surface area contributed by atoms with E-state index >= 15 is 0 Å². The Kier molecular flexibility index (Phi) is 5.80. The smallest absolute Gasteiger partial charge is 0.311 e. The number of allylic oxidation sites excluding steroid dienone is 2. The summed E-state index contributed by atoms with van der Waals surface area (Å²) in [6.45, 7) is 3.28. The highest BCUT2D eigenvalue weighted by atomic mass is 16.6. The summed E-state index contributed by atoms with van der Waals surface area (Å²) in [5.74, 6) is 1.06. The predicted molar refractivity (Wildman–Crippen MR) is 105 cm³/mol. The van der Waals surface area contributed by atoms with Crippen LogP contribution in [-0.4, -0.2) is 35.1 Å². The second-order valence-electron chi connectivity index (χ2n) is 6.33. The fourth-order valence-corrected chi connectivity index (χ4v) is 3.00. The number of anilines is 1. The Hall–Kier alpha value is -3.22. The topological polar surface area (TPSA) is 81.4 Å². The molecule has 1 aliphatic rings. The van der Waals surface area contributed by atoms with Crippen LogP contribution in [0, 0.1) is 17.0 Å². The van der Waals surface area contributed by atoms with Crippen molar-refractivity contribution in [3.63, 3.8) is 0 Å². The van der Waals surface area contributed by atoms with E-state index in [0.29, 0.717) is 24.8 Å². The first-order chi connectivity index (χ1) is 13.1. The first-order valence-electron chi connectivity index (χ1n) is 8.81. The van der Waals surface area contributed by atoms with Gasteiger partial charge in [0.05, 0.1) is 17.7 Å². The maximum absolute atomic E-state index is 11.3. The van der Waals surface area contributed by atoms with Crippen molar-refractivity contribution in [2.75, 3.05) is 25.1 Å². The van der Waals surface area contributed by atoms with E-state index in [2.05, 4.69) is 16.0 Å². The van der Waals surface area contributed by atoms with Crippen LogP contribution in [0.4, 0.5) is 11.5 Å².